The first-order valence-corrected chi connectivity index (χ1v) is 4.14. The van der Waals surface area contributed by atoms with Crippen LogP contribution in [0.1, 0.15) is 0 Å². The summed E-state index contributed by atoms with van der Waals surface area (Å²) in [6, 6.07) is 3.16. The molecule has 11 heavy (non-hydrogen) atoms. The third-order valence-electron chi connectivity index (χ3n) is 1.51. The van der Waals surface area contributed by atoms with Crippen LogP contribution in [0.2, 0.25) is 0 Å². The molecule has 2 rings (SSSR count). The number of hydrogen-bond donors (Lipinski definition) is 1. The van der Waals surface area contributed by atoms with E-state index in [4.69, 9.17) is 0 Å². The van der Waals surface area contributed by atoms with Crippen LogP contribution in [0, 0.1) is 9.39 Å². The lowest BCUT2D eigenvalue weighted by Gasteiger charge is -1.92. The molecule has 0 radical (unpaired) electrons. The largest absolute Gasteiger partial charge is 0.277 e. The van der Waals surface area contributed by atoms with Crippen molar-refractivity contribution in [2.75, 3.05) is 0 Å². The van der Waals surface area contributed by atoms with E-state index >= 15 is 0 Å². The molecule has 0 atom stereocenters. The Morgan fingerprint density at radius 2 is 2.27 bits per heavy atom. The minimum Gasteiger partial charge on any atom is -0.277 e. The van der Waals surface area contributed by atoms with Gasteiger partial charge in [-0.25, -0.2) is 4.39 Å². The summed E-state index contributed by atoms with van der Waals surface area (Å²) in [5.74, 6) is -0.228. The Bertz CT molecular complexity index is 360. The van der Waals surface area contributed by atoms with E-state index in [9.17, 15) is 4.39 Å². The molecule has 0 saturated carbocycles. The highest BCUT2D eigenvalue weighted by Gasteiger charge is 2.04. The number of aromatic nitrogens is 2. The first-order chi connectivity index (χ1) is 5.29. The van der Waals surface area contributed by atoms with Crippen molar-refractivity contribution in [2.24, 2.45) is 0 Å². The maximum absolute atomic E-state index is 12.9. The van der Waals surface area contributed by atoms with E-state index in [0.717, 1.165) is 9.09 Å². The number of fused-ring (bicyclic) bond motifs is 1. The van der Waals surface area contributed by atoms with E-state index in [1.54, 1.807) is 6.07 Å². The number of hydrogen-bond acceptors (Lipinski definition) is 1. The molecule has 0 unspecified atom stereocenters. The van der Waals surface area contributed by atoms with Crippen molar-refractivity contribution in [1.82, 2.24) is 10.2 Å². The lowest BCUT2D eigenvalue weighted by molar-refractivity contribution is 0.639. The molecule has 0 bridgehead atoms. The lowest BCUT2D eigenvalue weighted by Crippen LogP contribution is -1.79. The van der Waals surface area contributed by atoms with Gasteiger partial charge in [-0.05, 0) is 34.7 Å². The summed E-state index contributed by atoms with van der Waals surface area (Å²) in [5.41, 5.74) is 0.769. The van der Waals surface area contributed by atoms with Gasteiger partial charge in [0.05, 0.1) is 17.1 Å². The number of nitrogens with zero attached hydrogens (tertiary/aromatic N) is 1. The Morgan fingerprint density at radius 3 is 3.00 bits per heavy atom. The van der Waals surface area contributed by atoms with Gasteiger partial charge in [0, 0.05) is 3.57 Å². The molecule has 2 nitrogen and oxygen atoms in total. The summed E-state index contributed by atoms with van der Waals surface area (Å²) in [4.78, 5) is 0. The lowest BCUT2D eigenvalue weighted by atomic mass is 10.2. The van der Waals surface area contributed by atoms with E-state index < -0.39 is 0 Å². The number of nitrogens with one attached hydrogen (secondary N) is 1. The smallest absolute Gasteiger partial charge is 0.134 e. The van der Waals surface area contributed by atoms with E-state index in [1.807, 2.05) is 0 Å². The monoisotopic (exact) mass is 262 g/mol. The minimum absolute atomic E-state index is 0.228. The molecule has 56 valence electrons. The SMILES string of the molecule is Fc1ccc(I)c2[nH]ncc12. The molecule has 0 spiro atoms. The maximum atomic E-state index is 12.9. The van der Waals surface area contributed by atoms with Gasteiger partial charge in [-0.15, -0.1) is 0 Å². The van der Waals surface area contributed by atoms with Gasteiger partial charge in [0.25, 0.3) is 0 Å². The van der Waals surface area contributed by atoms with Gasteiger partial charge in [-0.3, -0.25) is 5.10 Å². The van der Waals surface area contributed by atoms with Crippen LogP contribution in [-0.2, 0) is 0 Å². The average Bonchev–Trinajstić information content (AvgIpc) is 2.45. The molecule has 1 N–H and O–H groups in total. The highest BCUT2D eigenvalue weighted by atomic mass is 127. The third kappa shape index (κ3) is 1.01. The number of rotatable bonds is 0. The molecule has 0 aliphatic carbocycles. The van der Waals surface area contributed by atoms with Crippen LogP contribution in [-0.4, -0.2) is 10.2 Å². The number of aromatic amines is 1. The summed E-state index contributed by atoms with van der Waals surface area (Å²) in [7, 11) is 0. The molecule has 2 aromatic rings. The summed E-state index contributed by atoms with van der Waals surface area (Å²) >= 11 is 2.13. The molecule has 0 aliphatic heterocycles. The minimum atomic E-state index is -0.228. The predicted octanol–water partition coefficient (Wildman–Crippen LogP) is 2.31. The second-order valence-corrected chi connectivity index (χ2v) is 3.35. The number of benzene rings is 1. The third-order valence-corrected chi connectivity index (χ3v) is 2.41. The topological polar surface area (TPSA) is 28.7 Å². The molecule has 4 heteroatoms. The molecule has 0 fully saturated rings. The second kappa shape index (κ2) is 2.44. The van der Waals surface area contributed by atoms with Crippen molar-refractivity contribution in [3.63, 3.8) is 0 Å². The molecule has 0 saturated heterocycles. The molecule has 1 heterocycles. The van der Waals surface area contributed by atoms with Crippen LogP contribution >= 0.6 is 22.6 Å². The van der Waals surface area contributed by atoms with Gasteiger partial charge in [0.2, 0.25) is 0 Å². The second-order valence-electron chi connectivity index (χ2n) is 2.19. The van der Waals surface area contributed by atoms with E-state index in [-0.39, 0.29) is 5.82 Å². The summed E-state index contributed by atoms with van der Waals surface area (Å²) < 4.78 is 13.9. The molecule has 0 aliphatic rings. The van der Waals surface area contributed by atoms with Crippen molar-refractivity contribution in [3.05, 3.63) is 27.7 Å². The standard InChI is InChI=1S/C7H4FIN2/c8-5-1-2-6(9)7-4(5)3-10-11-7/h1-3H,(H,10,11). The maximum Gasteiger partial charge on any atom is 0.134 e. The van der Waals surface area contributed by atoms with Gasteiger partial charge < -0.3 is 0 Å². The predicted molar refractivity (Wildman–Crippen MR) is 48.8 cm³/mol. The highest BCUT2D eigenvalue weighted by molar-refractivity contribution is 14.1. The fourth-order valence-corrected chi connectivity index (χ4v) is 1.56. The fraction of sp³-hybridized carbons (Fsp3) is 0. The van der Waals surface area contributed by atoms with Crippen LogP contribution in [0.3, 0.4) is 0 Å². The molecular formula is C7H4FIN2. The van der Waals surface area contributed by atoms with E-state index in [1.165, 1.54) is 12.3 Å². The number of H-pyrrole nitrogens is 1. The zero-order chi connectivity index (χ0) is 7.84. The van der Waals surface area contributed by atoms with Crippen molar-refractivity contribution in [2.45, 2.75) is 0 Å². The Balaban J connectivity index is 2.96. The van der Waals surface area contributed by atoms with E-state index in [2.05, 4.69) is 32.8 Å². The highest BCUT2D eigenvalue weighted by Crippen LogP contribution is 2.20. The van der Waals surface area contributed by atoms with Crippen molar-refractivity contribution in [1.29, 1.82) is 0 Å². The van der Waals surface area contributed by atoms with Gasteiger partial charge in [-0.1, -0.05) is 0 Å². The van der Waals surface area contributed by atoms with Crippen LogP contribution in [0.4, 0.5) is 4.39 Å². The molecule has 0 amide bonds. The first-order valence-electron chi connectivity index (χ1n) is 3.06. The van der Waals surface area contributed by atoms with E-state index in [0.29, 0.717) is 5.39 Å². The van der Waals surface area contributed by atoms with Gasteiger partial charge in [-0.2, -0.15) is 5.10 Å². The molecular weight excluding hydrogens is 258 g/mol. The first kappa shape index (κ1) is 7.02. The average molecular weight is 262 g/mol. The molecule has 1 aromatic heterocycles. The Labute approximate surface area is 75.9 Å². The fourth-order valence-electron chi connectivity index (χ4n) is 0.969. The summed E-state index contributed by atoms with van der Waals surface area (Å²) in [6.07, 6.45) is 1.49. The van der Waals surface area contributed by atoms with Crippen LogP contribution in [0.5, 0.6) is 0 Å². The van der Waals surface area contributed by atoms with Gasteiger partial charge in [0.15, 0.2) is 0 Å². The summed E-state index contributed by atoms with van der Waals surface area (Å²) in [6.45, 7) is 0. The van der Waals surface area contributed by atoms with Crippen molar-refractivity contribution in [3.8, 4) is 0 Å². The zero-order valence-electron chi connectivity index (χ0n) is 5.44. The quantitative estimate of drug-likeness (QED) is 0.725. The van der Waals surface area contributed by atoms with Crippen molar-refractivity contribution >= 4 is 33.5 Å². The Kier molecular flexibility index (Phi) is 1.56. The number of halogens is 2. The van der Waals surface area contributed by atoms with Crippen LogP contribution in [0.25, 0.3) is 10.9 Å². The molecule has 1 aromatic carbocycles. The van der Waals surface area contributed by atoms with Crippen LogP contribution < -0.4 is 0 Å². The van der Waals surface area contributed by atoms with Gasteiger partial charge in [0.1, 0.15) is 5.82 Å². The zero-order valence-corrected chi connectivity index (χ0v) is 7.59. The Hall–Kier alpha value is -0.650. The van der Waals surface area contributed by atoms with Crippen LogP contribution in [0.15, 0.2) is 18.3 Å². The normalized spacial score (nSPS) is 10.7. The Morgan fingerprint density at radius 1 is 1.45 bits per heavy atom. The van der Waals surface area contributed by atoms with Crippen molar-refractivity contribution < 1.29 is 4.39 Å². The van der Waals surface area contributed by atoms with Gasteiger partial charge >= 0.3 is 0 Å². The summed E-state index contributed by atoms with van der Waals surface area (Å²) in [5, 5.41) is 7.04.